The van der Waals surface area contributed by atoms with Gasteiger partial charge in [0.15, 0.2) is 11.7 Å². The molecule has 4 aliphatic rings. The van der Waals surface area contributed by atoms with Crippen LogP contribution in [0.5, 0.6) is 5.88 Å². The van der Waals surface area contributed by atoms with Crippen molar-refractivity contribution in [2.75, 3.05) is 13.2 Å². The molecule has 4 aliphatic heterocycles. The number of carbonyl (C=O) groups is 1. The van der Waals surface area contributed by atoms with Gasteiger partial charge in [0.2, 0.25) is 10.8 Å². The van der Waals surface area contributed by atoms with Gasteiger partial charge < -0.3 is 19.5 Å². The number of fused-ring (bicyclic) bond motifs is 3. The van der Waals surface area contributed by atoms with Crippen LogP contribution in [0.1, 0.15) is 31.6 Å². The topological polar surface area (TPSA) is 103 Å². The number of halogens is 1. The van der Waals surface area contributed by atoms with Gasteiger partial charge in [-0.1, -0.05) is 7.43 Å². The molecule has 10 heteroatoms. The average Bonchev–Trinajstić information content (AvgIpc) is 2.92. The Morgan fingerprint density at radius 2 is 2.31 bits per heavy atom. The van der Waals surface area contributed by atoms with Crippen LogP contribution in [0, 0.1) is 0 Å². The zero-order valence-corrected chi connectivity index (χ0v) is 14.3. The molecule has 1 amide bonds. The van der Waals surface area contributed by atoms with Gasteiger partial charge >= 0.3 is 5.16 Å². The fourth-order valence-corrected chi connectivity index (χ4v) is 3.96. The van der Waals surface area contributed by atoms with Gasteiger partial charge in [0, 0.05) is 19.2 Å². The van der Waals surface area contributed by atoms with E-state index in [-0.39, 0.29) is 48.7 Å². The van der Waals surface area contributed by atoms with E-state index in [1.807, 2.05) is 0 Å². The minimum atomic E-state index is -1.76. The molecule has 8 nitrogen and oxygen atoms in total. The summed E-state index contributed by atoms with van der Waals surface area (Å²) in [6.45, 7) is 3.84. The molecule has 0 saturated carbocycles. The Bertz CT molecular complexity index is 871. The predicted octanol–water partition coefficient (Wildman–Crippen LogP) is 1.50. The van der Waals surface area contributed by atoms with Crippen molar-refractivity contribution in [1.29, 1.82) is 0 Å². The average molecular weight is 379 g/mol. The quantitative estimate of drug-likeness (QED) is 0.617. The van der Waals surface area contributed by atoms with Crippen molar-refractivity contribution in [3.05, 3.63) is 35.6 Å². The highest BCUT2D eigenvalue weighted by Gasteiger charge is 2.49. The van der Waals surface area contributed by atoms with Crippen LogP contribution in [-0.4, -0.2) is 49.2 Å². The van der Waals surface area contributed by atoms with E-state index >= 15 is 0 Å². The number of nitrogens with zero attached hydrogens (tertiary/aromatic N) is 4. The molecule has 1 aromatic rings. The standard InChI is InChI=1S/C15H14FN5O3S.CH4/c1-3-24-13-9-5-17-14(19-13)25(23)15(2)7-21-6-8(18-12(9)22)4-10(16)11(21)20-15;/h4-6H,3,7H2,1-2H3,(H,18,22);1H4. The number of hydrogen-bond donors (Lipinski definition) is 1. The van der Waals surface area contributed by atoms with E-state index in [2.05, 4.69) is 20.3 Å². The first-order chi connectivity index (χ1) is 11.9. The lowest BCUT2D eigenvalue weighted by Crippen LogP contribution is -2.40. The minimum Gasteiger partial charge on any atom is -0.607 e. The minimum absolute atomic E-state index is 0. The summed E-state index contributed by atoms with van der Waals surface area (Å²) in [7, 11) is 0. The van der Waals surface area contributed by atoms with Crippen LogP contribution in [0.3, 0.4) is 0 Å². The Hall–Kier alpha value is -2.46. The van der Waals surface area contributed by atoms with Gasteiger partial charge in [-0.15, -0.1) is 4.98 Å². The van der Waals surface area contributed by atoms with Crippen LogP contribution < -0.4 is 10.1 Å². The van der Waals surface area contributed by atoms with Crippen molar-refractivity contribution in [3.8, 4) is 5.88 Å². The van der Waals surface area contributed by atoms with E-state index in [1.165, 1.54) is 17.2 Å². The molecule has 5 rings (SSSR count). The van der Waals surface area contributed by atoms with Crippen molar-refractivity contribution in [2.24, 2.45) is 4.99 Å². The van der Waals surface area contributed by atoms with Crippen molar-refractivity contribution in [1.82, 2.24) is 20.2 Å². The van der Waals surface area contributed by atoms with E-state index < -0.39 is 27.8 Å². The maximum atomic E-state index is 14.4. The van der Waals surface area contributed by atoms with Gasteiger partial charge in [-0.05, 0) is 6.92 Å². The summed E-state index contributed by atoms with van der Waals surface area (Å²) in [6, 6.07) is 0. The Balaban J connectivity index is 0.00000196. The SMILES string of the molecule is C.CCOc1nc2ncc1C(=O)NC1=CN3CC(C)(N=C3C(F)=C1)[S+]2[O-]. The van der Waals surface area contributed by atoms with Crippen molar-refractivity contribution >= 4 is 22.9 Å². The molecule has 2 unspecified atom stereocenters. The summed E-state index contributed by atoms with van der Waals surface area (Å²) in [5, 5.41) is 2.60. The number of nitrogens with one attached hydrogen (secondary N) is 1. The number of allylic oxidation sites excluding steroid dienone is 1. The third-order valence-corrected chi connectivity index (χ3v) is 5.50. The molecule has 138 valence electrons. The molecule has 2 atom stereocenters. The molecule has 0 spiro atoms. The van der Waals surface area contributed by atoms with E-state index in [4.69, 9.17) is 4.74 Å². The molecule has 0 fully saturated rings. The number of aliphatic imine (C=N–C) groups is 1. The van der Waals surface area contributed by atoms with E-state index in [1.54, 1.807) is 20.0 Å². The summed E-state index contributed by atoms with van der Waals surface area (Å²) in [4.78, 5) is 25.4. The summed E-state index contributed by atoms with van der Waals surface area (Å²) in [6.07, 6.45) is 4.00. The van der Waals surface area contributed by atoms with Crippen LogP contribution >= 0.6 is 0 Å². The molecule has 5 heterocycles. The van der Waals surface area contributed by atoms with Gasteiger partial charge in [0.25, 0.3) is 5.91 Å². The molecule has 0 radical (unpaired) electrons. The fourth-order valence-electron chi connectivity index (χ4n) is 2.82. The van der Waals surface area contributed by atoms with Crippen LogP contribution in [0.25, 0.3) is 0 Å². The highest BCUT2D eigenvalue weighted by Crippen LogP contribution is 2.36. The Kier molecular flexibility index (Phi) is 4.49. The number of amides is 1. The first-order valence-corrected chi connectivity index (χ1v) is 8.75. The van der Waals surface area contributed by atoms with Crippen LogP contribution in [0.2, 0.25) is 0 Å². The third kappa shape index (κ3) is 2.74. The lowest BCUT2D eigenvalue weighted by Gasteiger charge is -2.26. The smallest absolute Gasteiger partial charge is 0.348 e. The second kappa shape index (κ2) is 6.36. The second-order valence-corrected chi connectivity index (χ2v) is 7.62. The zero-order chi connectivity index (χ0) is 17.8. The number of aromatic nitrogens is 2. The van der Waals surface area contributed by atoms with Crippen LogP contribution in [0.15, 0.2) is 40.1 Å². The number of hydrogen-bond acceptors (Lipinski definition) is 7. The van der Waals surface area contributed by atoms with Crippen molar-refractivity contribution < 1.29 is 18.5 Å². The van der Waals surface area contributed by atoms with Crippen molar-refractivity contribution in [2.45, 2.75) is 31.3 Å². The van der Waals surface area contributed by atoms with Gasteiger partial charge in [-0.25, -0.2) is 9.38 Å². The van der Waals surface area contributed by atoms with Crippen LogP contribution in [0.4, 0.5) is 4.39 Å². The summed E-state index contributed by atoms with van der Waals surface area (Å²) in [5.41, 5.74) is 0.334. The van der Waals surface area contributed by atoms with Gasteiger partial charge in [-0.3, -0.25) is 4.79 Å². The Morgan fingerprint density at radius 3 is 3.04 bits per heavy atom. The lowest BCUT2D eigenvalue weighted by atomic mass is 10.2. The van der Waals surface area contributed by atoms with Gasteiger partial charge in [0.1, 0.15) is 5.56 Å². The largest absolute Gasteiger partial charge is 0.607 e. The molecule has 5 bridgehead atoms. The second-order valence-electron chi connectivity index (χ2n) is 5.84. The molecular formula is C16H18FN5O3S. The molecular weight excluding hydrogens is 361 g/mol. The summed E-state index contributed by atoms with van der Waals surface area (Å²) >= 11 is -1.76. The number of amidine groups is 1. The Labute approximate surface area is 153 Å². The monoisotopic (exact) mass is 379 g/mol. The first-order valence-electron chi connectivity index (χ1n) is 7.60. The van der Waals surface area contributed by atoms with E-state index in [9.17, 15) is 13.7 Å². The fraction of sp³-hybridized carbons (Fsp3) is 0.375. The molecule has 26 heavy (non-hydrogen) atoms. The number of rotatable bonds is 2. The molecule has 1 aromatic heterocycles. The molecule has 0 aliphatic carbocycles. The van der Waals surface area contributed by atoms with Gasteiger partial charge in [-0.2, -0.15) is 4.98 Å². The van der Waals surface area contributed by atoms with E-state index in [0.29, 0.717) is 0 Å². The highest BCUT2D eigenvalue weighted by molar-refractivity contribution is 7.92. The molecule has 1 N–H and O–H groups in total. The first kappa shape index (κ1) is 18.3. The van der Waals surface area contributed by atoms with E-state index in [0.717, 1.165) is 0 Å². The highest BCUT2D eigenvalue weighted by atomic mass is 32.2. The normalized spacial score (nSPS) is 26.2. The maximum absolute atomic E-state index is 14.4. The molecule has 0 aromatic carbocycles. The predicted molar refractivity (Wildman–Crippen MR) is 93.6 cm³/mol. The third-order valence-electron chi connectivity index (χ3n) is 3.95. The summed E-state index contributed by atoms with van der Waals surface area (Å²) in [5.74, 6) is -1.04. The maximum Gasteiger partial charge on any atom is 0.348 e. The molecule has 0 saturated heterocycles. The lowest BCUT2D eigenvalue weighted by molar-refractivity contribution is 0.0961. The Morgan fingerprint density at radius 1 is 1.54 bits per heavy atom. The van der Waals surface area contributed by atoms with Crippen LogP contribution in [-0.2, 0) is 11.2 Å². The zero-order valence-electron chi connectivity index (χ0n) is 13.4. The number of carbonyl (C=O) groups excluding carboxylic acids is 1. The van der Waals surface area contributed by atoms with Gasteiger partial charge in [0.05, 0.1) is 36.2 Å². The van der Waals surface area contributed by atoms with Crippen molar-refractivity contribution in [3.63, 3.8) is 0 Å². The number of ether oxygens (including phenoxy) is 1. The summed E-state index contributed by atoms with van der Waals surface area (Å²) < 4.78 is 32.8.